The van der Waals surface area contributed by atoms with Gasteiger partial charge in [0.15, 0.2) is 0 Å². The monoisotopic (exact) mass is 638 g/mol. The third kappa shape index (κ3) is 4.48. The van der Waals surface area contributed by atoms with E-state index in [-0.39, 0.29) is 52.2 Å². The summed E-state index contributed by atoms with van der Waals surface area (Å²) in [5, 5.41) is 0.936. The van der Waals surface area contributed by atoms with Crippen LogP contribution < -0.4 is 14.5 Å². The number of ether oxygens (including phenoxy) is 2. The minimum absolute atomic E-state index is 0.00621. The second-order valence-electron chi connectivity index (χ2n) is 12.1. The van der Waals surface area contributed by atoms with Gasteiger partial charge in [-0.15, -0.1) is 11.8 Å². The highest BCUT2D eigenvalue weighted by molar-refractivity contribution is 8.00. The van der Waals surface area contributed by atoms with E-state index in [0.29, 0.717) is 17.9 Å². The van der Waals surface area contributed by atoms with Crippen LogP contribution in [0.1, 0.15) is 45.6 Å². The summed E-state index contributed by atoms with van der Waals surface area (Å²) in [4.78, 5) is 58.3. The second kappa shape index (κ2) is 11.0. The number of carbonyl (C=O) groups is 3. The molecule has 8 rings (SSSR count). The third-order valence-corrected chi connectivity index (χ3v) is 12.4. The molecule has 5 unspecified atom stereocenters. The van der Waals surface area contributed by atoms with Gasteiger partial charge in [-0.3, -0.25) is 19.3 Å². The summed E-state index contributed by atoms with van der Waals surface area (Å²) in [6, 6.07) is 24.5. The number of aromatic nitrogens is 1. The fourth-order valence-electron chi connectivity index (χ4n) is 8.18. The van der Waals surface area contributed by atoms with E-state index in [1.165, 1.54) is 16.2 Å². The molecule has 2 bridgehead atoms. The molecule has 2 aliphatic carbocycles. The molecule has 4 aliphatic rings. The number of fused-ring (bicyclic) bond motifs is 9. The van der Waals surface area contributed by atoms with Crippen LogP contribution in [0.15, 0.2) is 88.7 Å². The molecule has 45 heavy (non-hydrogen) atoms. The lowest BCUT2D eigenvalue weighted by Crippen LogP contribution is -2.42. The minimum atomic E-state index is -0.441. The minimum Gasteiger partial charge on any atom is -0.489 e. The van der Waals surface area contributed by atoms with Crippen LogP contribution >= 0.6 is 23.1 Å². The Morgan fingerprint density at radius 3 is 2.38 bits per heavy atom. The Balaban J connectivity index is 1.14. The standard InChI is InChI=1S/C35H30N2O6S2/c1-2-42-34(40)19-12-14-20(15-13-19)37-32(38)27-22-16-23(28(27)33(37)39)29-26(22)25(30-31(44-29)36-35(41)45-30)21-10-6-7-11-24(21)43-17-18-8-4-3-5-9-18/h3-15,22-23,25-29H,2,16-17H2,1H3,(H,36,41)/t22-,23-,25?,26?,27?,28?,29?/m1/s1. The molecule has 1 aromatic heterocycles. The normalized spacial score (nSPS) is 27.7. The topological polar surface area (TPSA) is 106 Å². The Morgan fingerprint density at radius 2 is 1.62 bits per heavy atom. The first-order chi connectivity index (χ1) is 21.9. The van der Waals surface area contributed by atoms with Crippen molar-refractivity contribution in [3.63, 3.8) is 0 Å². The van der Waals surface area contributed by atoms with Crippen LogP contribution in [0.25, 0.3) is 0 Å². The fraction of sp³-hybridized carbons (Fsp3) is 0.314. The predicted molar refractivity (Wildman–Crippen MR) is 171 cm³/mol. The highest BCUT2D eigenvalue weighted by atomic mass is 32.2. The molecule has 3 aromatic carbocycles. The van der Waals surface area contributed by atoms with Crippen molar-refractivity contribution in [1.29, 1.82) is 0 Å². The van der Waals surface area contributed by atoms with Gasteiger partial charge in [0.1, 0.15) is 12.4 Å². The number of thioether (sulfide) groups is 1. The largest absolute Gasteiger partial charge is 0.489 e. The van der Waals surface area contributed by atoms with Gasteiger partial charge >= 0.3 is 10.8 Å². The van der Waals surface area contributed by atoms with Gasteiger partial charge in [0.05, 0.1) is 34.7 Å². The number of anilines is 1. The summed E-state index contributed by atoms with van der Waals surface area (Å²) in [5.41, 5.74) is 2.91. The number of imide groups is 1. The molecular weight excluding hydrogens is 609 g/mol. The Bertz CT molecular complexity index is 1870. The van der Waals surface area contributed by atoms with Gasteiger partial charge in [0, 0.05) is 21.6 Å². The van der Waals surface area contributed by atoms with Crippen molar-refractivity contribution < 1.29 is 23.9 Å². The average Bonchev–Trinajstić information content (AvgIpc) is 3.79. The first-order valence-electron chi connectivity index (χ1n) is 15.2. The van der Waals surface area contributed by atoms with E-state index in [9.17, 15) is 19.2 Å². The van der Waals surface area contributed by atoms with Gasteiger partial charge < -0.3 is 14.5 Å². The molecular formula is C35H30N2O6S2. The molecule has 1 saturated heterocycles. The van der Waals surface area contributed by atoms with E-state index in [4.69, 9.17) is 9.47 Å². The highest BCUT2D eigenvalue weighted by Gasteiger charge is 2.69. The average molecular weight is 639 g/mol. The maximum absolute atomic E-state index is 14.1. The lowest BCUT2D eigenvalue weighted by atomic mass is 9.68. The first-order valence-corrected chi connectivity index (χ1v) is 16.9. The molecule has 2 saturated carbocycles. The Labute approximate surface area is 267 Å². The molecule has 3 fully saturated rings. The van der Waals surface area contributed by atoms with Crippen molar-refractivity contribution >= 4 is 46.6 Å². The van der Waals surface area contributed by atoms with Crippen molar-refractivity contribution in [2.45, 2.75) is 36.1 Å². The molecule has 7 atom stereocenters. The second-order valence-corrected chi connectivity index (χ2v) is 14.3. The van der Waals surface area contributed by atoms with Gasteiger partial charge in [0.25, 0.3) is 0 Å². The van der Waals surface area contributed by atoms with Crippen LogP contribution in [-0.2, 0) is 20.9 Å². The van der Waals surface area contributed by atoms with Gasteiger partial charge in [0.2, 0.25) is 11.8 Å². The molecule has 1 N–H and O–H groups in total. The molecule has 4 aromatic rings. The maximum Gasteiger partial charge on any atom is 0.338 e. The number of hydrogen-bond donors (Lipinski definition) is 1. The molecule has 0 radical (unpaired) electrons. The lowest BCUT2D eigenvalue weighted by molar-refractivity contribution is -0.123. The van der Waals surface area contributed by atoms with Gasteiger partial charge in [-0.2, -0.15) is 0 Å². The maximum atomic E-state index is 14.1. The van der Waals surface area contributed by atoms with E-state index in [2.05, 4.69) is 11.1 Å². The van der Waals surface area contributed by atoms with Crippen LogP contribution in [-0.4, -0.2) is 34.6 Å². The summed E-state index contributed by atoms with van der Waals surface area (Å²) in [7, 11) is 0. The number of amides is 2. The summed E-state index contributed by atoms with van der Waals surface area (Å²) >= 11 is 2.90. The summed E-state index contributed by atoms with van der Waals surface area (Å²) in [6.45, 7) is 2.42. The number of hydrogen-bond acceptors (Lipinski definition) is 8. The quantitative estimate of drug-likeness (QED) is 0.199. The zero-order valence-electron chi connectivity index (χ0n) is 24.4. The van der Waals surface area contributed by atoms with Crippen molar-refractivity contribution in [2.75, 3.05) is 11.5 Å². The van der Waals surface area contributed by atoms with Crippen LogP contribution in [0, 0.1) is 29.6 Å². The Kier molecular flexibility index (Phi) is 6.94. The molecule has 228 valence electrons. The van der Waals surface area contributed by atoms with Gasteiger partial charge in [-0.05, 0) is 67.0 Å². The number of rotatable bonds is 7. The lowest BCUT2D eigenvalue weighted by Gasteiger charge is -2.43. The van der Waals surface area contributed by atoms with Crippen LogP contribution in [0.2, 0.25) is 0 Å². The predicted octanol–water partition coefficient (Wildman–Crippen LogP) is 5.87. The summed E-state index contributed by atoms with van der Waals surface area (Å²) < 4.78 is 11.5. The van der Waals surface area contributed by atoms with E-state index < -0.39 is 17.8 Å². The zero-order valence-corrected chi connectivity index (χ0v) is 26.0. The first kappa shape index (κ1) is 28.3. The number of benzene rings is 3. The smallest absolute Gasteiger partial charge is 0.338 e. The van der Waals surface area contributed by atoms with Crippen molar-refractivity contribution in [3.8, 4) is 5.75 Å². The number of aromatic amines is 1. The molecule has 8 nitrogen and oxygen atoms in total. The Hall–Kier alpha value is -4.15. The Morgan fingerprint density at radius 1 is 0.911 bits per heavy atom. The number of thiazole rings is 1. The molecule has 2 aliphatic heterocycles. The van der Waals surface area contributed by atoms with E-state index in [0.717, 1.165) is 33.2 Å². The van der Waals surface area contributed by atoms with E-state index in [1.807, 2.05) is 48.5 Å². The third-order valence-electron chi connectivity index (χ3n) is 9.85. The zero-order chi connectivity index (χ0) is 30.8. The van der Waals surface area contributed by atoms with Crippen molar-refractivity contribution in [2.24, 2.45) is 29.6 Å². The number of nitrogens with zero attached hydrogens (tertiary/aromatic N) is 1. The number of esters is 1. The van der Waals surface area contributed by atoms with Crippen LogP contribution in [0.3, 0.4) is 0 Å². The number of nitrogens with one attached hydrogen (secondary N) is 1. The van der Waals surface area contributed by atoms with Crippen molar-refractivity contribution in [1.82, 2.24) is 4.98 Å². The number of para-hydroxylation sites is 1. The van der Waals surface area contributed by atoms with E-state index >= 15 is 0 Å². The molecule has 10 heteroatoms. The SMILES string of the molecule is CCOC(=O)c1ccc(N2C(=O)C3C(C2=O)[C@@H]2C[C@H]3C3Sc4[nH]c(=O)sc4C(c4ccccc4OCc4ccccc4)C32)cc1. The molecule has 2 amide bonds. The van der Waals surface area contributed by atoms with Crippen LogP contribution in [0.5, 0.6) is 5.75 Å². The van der Waals surface area contributed by atoms with E-state index in [1.54, 1.807) is 43.0 Å². The number of carbonyl (C=O) groups excluding carboxylic acids is 3. The molecule has 0 spiro atoms. The molecule has 3 heterocycles. The van der Waals surface area contributed by atoms with Crippen LogP contribution in [0.4, 0.5) is 5.69 Å². The highest BCUT2D eigenvalue weighted by Crippen LogP contribution is 2.69. The van der Waals surface area contributed by atoms with Gasteiger partial charge in [-0.25, -0.2) is 4.79 Å². The van der Waals surface area contributed by atoms with Crippen molar-refractivity contribution in [3.05, 3.63) is 110 Å². The summed E-state index contributed by atoms with van der Waals surface area (Å²) in [6.07, 6.45) is 0.799. The fourth-order valence-corrected chi connectivity index (χ4v) is 11.1. The van der Waals surface area contributed by atoms with Gasteiger partial charge in [-0.1, -0.05) is 59.9 Å². The number of H-pyrrole nitrogens is 1. The summed E-state index contributed by atoms with van der Waals surface area (Å²) in [5.74, 6) is -0.947.